The third kappa shape index (κ3) is 4.07. The molecule has 1 saturated heterocycles. The minimum atomic E-state index is 0.481. The number of nitrogens with zero attached hydrogens (tertiary/aromatic N) is 3. The van der Waals surface area contributed by atoms with Crippen LogP contribution in [-0.4, -0.2) is 42.8 Å². The molecule has 0 saturated carbocycles. The summed E-state index contributed by atoms with van der Waals surface area (Å²) in [6, 6.07) is 2.27. The third-order valence-corrected chi connectivity index (χ3v) is 3.64. The molecule has 1 unspecified atom stereocenters. The standard InChI is InChI=1S/C15H26N4O/c1-12(2)10-16-11-13-6-4-5-9-19(13)15-17-8-7-14(18-15)20-3/h7-8,12-13,16H,4-6,9-11H2,1-3H3. The first-order chi connectivity index (χ1) is 9.70. The molecule has 1 atom stereocenters. The minimum absolute atomic E-state index is 0.481. The zero-order valence-electron chi connectivity index (χ0n) is 12.8. The summed E-state index contributed by atoms with van der Waals surface area (Å²) in [6.45, 7) is 7.55. The van der Waals surface area contributed by atoms with E-state index < -0.39 is 0 Å². The minimum Gasteiger partial charge on any atom is -0.481 e. The Bertz CT molecular complexity index is 411. The van der Waals surface area contributed by atoms with Crippen LogP contribution in [0.5, 0.6) is 5.88 Å². The van der Waals surface area contributed by atoms with Crippen molar-refractivity contribution in [2.75, 3.05) is 31.6 Å². The number of nitrogens with one attached hydrogen (secondary N) is 1. The largest absolute Gasteiger partial charge is 0.481 e. The van der Waals surface area contributed by atoms with Gasteiger partial charge in [0.2, 0.25) is 11.8 Å². The van der Waals surface area contributed by atoms with Crippen molar-refractivity contribution in [2.24, 2.45) is 5.92 Å². The van der Waals surface area contributed by atoms with Gasteiger partial charge in [-0.1, -0.05) is 13.8 Å². The van der Waals surface area contributed by atoms with Crippen LogP contribution in [0, 0.1) is 5.92 Å². The summed E-state index contributed by atoms with van der Waals surface area (Å²) in [5.74, 6) is 2.11. The normalized spacial score (nSPS) is 19.4. The molecule has 1 N–H and O–H groups in total. The highest BCUT2D eigenvalue weighted by Gasteiger charge is 2.24. The molecule has 0 aliphatic carbocycles. The second-order valence-corrected chi connectivity index (χ2v) is 5.79. The van der Waals surface area contributed by atoms with Crippen molar-refractivity contribution in [3.63, 3.8) is 0 Å². The van der Waals surface area contributed by atoms with Crippen molar-refractivity contribution in [2.45, 2.75) is 39.2 Å². The molecule has 0 amide bonds. The van der Waals surface area contributed by atoms with E-state index in [-0.39, 0.29) is 0 Å². The first kappa shape index (κ1) is 15.0. The van der Waals surface area contributed by atoms with Crippen LogP contribution in [0.3, 0.4) is 0 Å². The van der Waals surface area contributed by atoms with Crippen molar-refractivity contribution in [1.82, 2.24) is 15.3 Å². The Morgan fingerprint density at radius 1 is 1.45 bits per heavy atom. The monoisotopic (exact) mass is 278 g/mol. The summed E-state index contributed by atoms with van der Waals surface area (Å²) >= 11 is 0. The zero-order chi connectivity index (χ0) is 14.4. The van der Waals surface area contributed by atoms with Crippen LogP contribution in [0.1, 0.15) is 33.1 Å². The summed E-state index contributed by atoms with van der Waals surface area (Å²) in [7, 11) is 1.64. The highest BCUT2D eigenvalue weighted by Crippen LogP contribution is 2.22. The number of piperidine rings is 1. The van der Waals surface area contributed by atoms with Gasteiger partial charge in [-0.25, -0.2) is 4.98 Å². The Morgan fingerprint density at radius 3 is 3.05 bits per heavy atom. The molecule has 5 nitrogen and oxygen atoms in total. The van der Waals surface area contributed by atoms with Crippen molar-refractivity contribution < 1.29 is 4.74 Å². The molecule has 1 aliphatic heterocycles. The highest BCUT2D eigenvalue weighted by molar-refractivity contribution is 5.34. The topological polar surface area (TPSA) is 50.3 Å². The molecule has 0 radical (unpaired) electrons. The van der Waals surface area contributed by atoms with Crippen LogP contribution in [0.2, 0.25) is 0 Å². The van der Waals surface area contributed by atoms with Gasteiger partial charge in [-0.2, -0.15) is 4.98 Å². The Morgan fingerprint density at radius 2 is 2.30 bits per heavy atom. The predicted octanol–water partition coefficient (Wildman–Crippen LogP) is 2.09. The van der Waals surface area contributed by atoms with Gasteiger partial charge in [-0.3, -0.25) is 0 Å². The van der Waals surface area contributed by atoms with Crippen molar-refractivity contribution >= 4 is 5.95 Å². The van der Waals surface area contributed by atoms with Gasteiger partial charge < -0.3 is 15.0 Å². The van der Waals surface area contributed by atoms with Crippen LogP contribution in [-0.2, 0) is 0 Å². The van der Waals surface area contributed by atoms with E-state index in [1.54, 1.807) is 19.4 Å². The zero-order valence-corrected chi connectivity index (χ0v) is 12.8. The molecule has 1 aromatic heterocycles. The van der Waals surface area contributed by atoms with E-state index in [2.05, 4.69) is 34.0 Å². The van der Waals surface area contributed by atoms with Crippen LogP contribution in [0.15, 0.2) is 12.3 Å². The number of rotatable bonds is 6. The number of ether oxygens (including phenoxy) is 1. The Hall–Kier alpha value is -1.36. The van der Waals surface area contributed by atoms with Gasteiger partial charge in [0, 0.05) is 31.4 Å². The lowest BCUT2D eigenvalue weighted by Gasteiger charge is -2.36. The van der Waals surface area contributed by atoms with E-state index in [0.29, 0.717) is 17.8 Å². The fourth-order valence-electron chi connectivity index (χ4n) is 2.60. The number of anilines is 1. The molecule has 20 heavy (non-hydrogen) atoms. The van der Waals surface area contributed by atoms with Gasteiger partial charge in [-0.15, -0.1) is 0 Å². The maximum Gasteiger partial charge on any atom is 0.228 e. The van der Waals surface area contributed by atoms with Gasteiger partial charge in [0.15, 0.2) is 0 Å². The number of methoxy groups -OCH3 is 1. The number of aromatic nitrogens is 2. The van der Waals surface area contributed by atoms with E-state index in [1.807, 2.05) is 0 Å². The first-order valence-corrected chi connectivity index (χ1v) is 7.55. The van der Waals surface area contributed by atoms with E-state index in [4.69, 9.17) is 4.74 Å². The number of hydrogen-bond donors (Lipinski definition) is 1. The maximum absolute atomic E-state index is 5.20. The Labute approximate surface area is 121 Å². The average Bonchev–Trinajstić information content (AvgIpc) is 2.47. The third-order valence-electron chi connectivity index (χ3n) is 3.64. The van der Waals surface area contributed by atoms with Crippen molar-refractivity contribution in [3.8, 4) is 5.88 Å². The molecule has 1 fully saturated rings. The SMILES string of the molecule is COc1ccnc(N2CCCCC2CNCC(C)C)n1. The fourth-order valence-corrected chi connectivity index (χ4v) is 2.60. The molecule has 112 valence electrons. The molecule has 2 rings (SSSR count). The average molecular weight is 278 g/mol. The lowest BCUT2D eigenvalue weighted by atomic mass is 10.0. The second kappa shape index (κ2) is 7.43. The maximum atomic E-state index is 5.20. The molecular weight excluding hydrogens is 252 g/mol. The predicted molar refractivity (Wildman–Crippen MR) is 81.3 cm³/mol. The molecule has 0 bridgehead atoms. The lowest BCUT2D eigenvalue weighted by molar-refractivity contribution is 0.390. The van der Waals surface area contributed by atoms with Crippen LogP contribution >= 0.6 is 0 Å². The Balaban J connectivity index is 2.01. The van der Waals surface area contributed by atoms with E-state index >= 15 is 0 Å². The van der Waals surface area contributed by atoms with Gasteiger partial charge in [0.25, 0.3) is 0 Å². The Kier molecular flexibility index (Phi) is 5.59. The van der Waals surface area contributed by atoms with E-state index in [0.717, 1.165) is 25.6 Å². The molecule has 0 spiro atoms. The molecule has 5 heteroatoms. The van der Waals surface area contributed by atoms with Crippen molar-refractivity contribution in [1.29, 1.82) is 0 Å². The summed E-state index contributed by atoms with van der Waals surface area (Å²) in [5, 5.41) is 3.55. The van der Waals surface area contributed by atoms with Gasteiger partial charge in [0.05, 0.1) is 7.11 Å². The van der Waals surface area contributed by atoms with Crippen LogP contribution < -0.4 is 15.0 Å². The molecule has 2 heterocycles. The summed E-state index contributed by atoms with van der Waals surface area (Å²) in [5.41, 5.74) is 0. The quantitative estimate of drug-likeness (QED) is 0.863. The van der Waals surface area contributed by atoms with Gasteiger partial charge >= 0.3 is 0 Å². The second-order valence-electron chi connectivity index (χ2n) is 5.79. The fraction of sp³-hybridized carbons (Fsp3) is 0.733. The van der Waals surface area contributed by atoms with Crippen LogP contribution in [0.4, 0.5) is 5.95 Å². The summed E-state index contributed by atoms with van der Waals surface area (Å²) in [6.07, 6.45) is 5.47. The molecule has 1 aromatic rings. The lowest BCUT2D eigenvalue weighted by Crippen LogP contribution is -2.47. The van der Waals surface area contributed by atoms with Crippen molar-refractivity contribution in [3.05, 3.63) is 12.3 Å². The summed E-state index contributed by atoms with van der Waals surface area (Å²) < 4.78 is 5.20. The van der Waals surface area contributed by atoms with Gasteiger partial charge in [-0.05, 0) is 31.7 Å². The molecular formula is C15H26N4O. The van der Waals surface area contributed by atoms with E-state index in [9.17, 15) is 0 Å². The van der Waals surface area contributed by atoms with Crippen LogP contribution in [0.25, 0.3) is 0 Å². The first-order valence-electron chi connectivity index (χ1n) is 7.55. The number of hydrogen-bond acceptors (Lipinski definition) is 5. The molecule has 0 aromatic carbocycles. The van der Waals surface area contributed by atoms with Gasteiger partial charge in [0.1, 0.15) is 0 Å². The van der Waals surface area contributed by atoms with E-state index in [1.165, 1.54) is 19.3 Å². The summed E-state index contributed by atoms with van der Waals surface area (Å²) in [4.78, 5) is 11.2. The highest BCUT2D eigenvalue weighted by atomic mass is 16.5. The molecule has 1 aliphatic rings. The smallest absolute Gasteiger partial charge is 0.228 e.